The average molecular weight is 446 g/mol. The highest BCUT2D eigenvalue weighted by molar-refractivity contribution is 6.30. The van der Waals surface area contributed by atoms with Crippen LogP contribution in [-0.2, 0) is 11.3 Å². The lowest BCUT2D eigenvalue weighted by atomic mass is 9.95. The van der Waals surface area contributed by atoms with Crippen LogP contribution in [0, 0.1) is 11.7 Å². The van der Waals surface area contributed by atoms with E-state index >= 15 is 0 Å². The molecule has 7 heteroatoms. The molecule has 1 fully saturated rings. The molecule has 0 radical (unpaired) electrons. The van der Waals surface area contributed by atoms with Crippen molar-refractivity contribution in [2.45, 2.75) is 45.7 Å². The number of anilines is 1. The standard InChI is InChI=1S/C24H29ClFN3O2/c1-24(2,3)28-23(31)19-6-4-5-7-21(19)27-22(30)16-10-12-29(13-11-16)15-17-8-9-18(25)14-20(17)26/h4-9,14,16H,10-13,15H2,1-3H3,(H,27,30)(H,28,31). The number of piperidine rings is 1. The van der Waals surface area contributed by atoms with Crippen LogP contribution in [0.4, 0.5) is 10.1 Å². The van der Waals surface area contributed by atoms with Gasteiger partial charge in [0.2, 0.25) is 5.91 Å². The average Bonchev–Trinajstić information content (AvgIpc) is 2.69. The van der Waals surface area contributed by atoms with Gasteiger partial charge < -0.3 is 10.6 Å². The van der Waals surface area contributed by atoms with Gasteiger partial charge >= 0.3 is 0 Å². The number of carbonyl (C=O) groups excluding carboxylic acids is 2. The van der Waals surface area contributed by atoms with E-state index in [0.29, 0.717) is 54.3 Å². The number of carbonyl (C=O) groups is 2. The van der Waals surface area contributed by atoms with Gasteiger partial charge in [0.05, 0.1) is 11.3 Å². The topological polar surface area (TPSA) is 61.4 Å². The number of halogens is 2. The molecule has 166 valence electrons. The van der Waals surface area contributed by atoms with Crippen LogP contribution in [-0.4, -0.2) is 35.3 Å². The van der Waals surface area contributed by atoms with Gasteiger partial charge in [0.25, 0.3) is 5.91 Å². The first-order chi connectivity index (χ1) is 14.6. The first-order valence-corrected chi connectivity index (χ1v) is 10.9. The van der Waals surface area contributed by atoms with E-state index in [2.05, 4.69) is 15.5 Å². The first-order valence-electron chi connectivity index (χ1n) is 10.5. The summed E-state index contributed by atoms with van der Waals surface area (Å²) in [4.78, 5) is 27.6. The fourth-order valence-electron chi connectivity index (χ4n) is 3.68. The molecule has 2 aromatic rings. The molecule has 3 rings (SSSR count). The maximum atomic E-state index is 14.1. The molecule has 1 heterocycles. The number of likely N-dealkylation sites (tertiary alicyclic amines) is 1. The third-order valence-corrected chi connectivity index (χ3v) is 5.52. The molecule has 5 nitrogen and oxygen atoms in total. The van der Waals surface area contributed by atoms with Crippen molar-refractivity contribution in [2.24, 2.45) is 5.92 Å². The summed E-state index contributed by atoms with van der Waals surface area (Å²) < 4.78 is 14.1. The smallest absolute Gasteiger partial charge is 0.253 e. The second-order valence-electron chi connectivity index (χ2n) is 9.03. The first kappa shape index (κ1) is 23.2. The van der Waals surface area contributed by atoms with Crippen molar-refractivity contribution in [3.8, 4) is 0 Å². The molecule has 1 saturated heterocycles. The molecule has 0 saturated carbocycles. The Hall–Kier alpha value is -2.44. The number of hydrogen-bond donors (Lipinski definition) is 2. The third-order valence-electron chi connectivity index (χ3n) is 5.29. The molecule has 2 N–H and O–H groups in total. The van der Waals surface area contributed by atoms with E-state index in [1.807, 2.05) is 20.8 Å². The maximum absolute atomic E-state index is 14.1. The second-order valence-corrected chi connectivity index (χ2v) is 9.46. The summed E-state index contributed by atoms with van der Waals surface area (Å²) in [7, 11) is 0. The van der Waals surface area contributed by atoms with Gasteiger partial charge in [-0.3, -0.25) is 14.5 Å². The number of para-hydroxylation sites is 1. The van der Waals surface area contributed by atoms with Crippen molar-refractivity contribution in [1.82, 2.24) is 10.2 Å². The monoisotopic (exact) mass is 445 g/mol. The predicted molar refractivity (Wildman–Crippen MR) is 122 cm³/mol. The van der Waals surface area contributed by atoms with Gasteiger partial charge in [-0.05, 0) is 71.0 Å². The Morgan fingerprint density at radius 3 is 2.45 bits per heavy atom. The Kier molecular flexibility index (Phi) is 7.34. The molecule has 1 aliphatic heterocycles. The van der Waals surface area contributed by atoms with Crippen LogP contribution in [0.5, 0.6) is 0 Å². The van der Waals surface area contributed by atoms with Crippen molar-refractivity contribution in [1.29, 1.82) is 0 Å². The molecule has 0 unspecified atom stereocenters. The van der Waals surface area contributed by atoms with Crippen LogP contribution in [0.15, 0.2) is 42.5 Å². The van der Waals surface area contributed by atoms with Gasteiger partial charge in [-0.2, -0.15) is 0 Å². The highest BCUT2D eigenvalue weighted by Gasteiger charge is 2.27. The van der Waals surface area contributed by atoms with Gasteiger partial charge in [-0.25, -0.2) is 4.39 Å². The van der Waals surface area contributed by atoms with Crippen LogP contribution < -0.4 is 10.6 Å². The molecule has 0 aliphatic carbocycles. The highest BCUT2D eigenvalue weighted by Crippen LogP contribution is 2.24. The van der Waals surface area contributed by atoms with E-state index in [1.165, 1.54) is 6.07 Å². The van der Waals surface area contributed by atoms with Crippen LogP contribution in [0.1, 0.15) is 49.5 Å². The number of hydrogen-bond acceptors (Lipinski definition) is 3. The minimum absolute atomic E-state index is 0.0895. The van der Waals surface area contributed by atoms with Crippen molar-refractivity contribution < 1.29 is 14.0 Å². The predicted octanol–water partition coefficient (Wildman–Crippen LogP) is 4.86. The Labute approximate surface area is 188 Å². The van der Waals surface area contributed by atoms with E-state index in [0.717, 1.165) is 0 Å². The van der Waals surface area contributed by atoms with Gasteiger partial charge in [0.1, 0.15) is 5.82 Å². The van der Waals surface area contributed by atoms with Crippen molar-refractivity contribution >= 4 is 29.1 Å². The summed E-state index contributed by atoms with van der Waals surface area (Å²) in [6, 6.07) is 11.7. The number of nitrogens with zero attached hydrogens (tertiary/aromatic N) is 1. The number of amides is 2. The normalized spacial score (nSPS) is 15.5. The molecule has 2 aromatic carbocycles. The highest BCUT2D eigenvalue weighted by atomic mass is 35.5. The quantitative estimate of drug-likeness (QED) is 0.691. The molecule has 2 amide bonds. The fraction of sp³-hybridized carbons (Fsp3) is 0.417. The summed E-state index contributed by atoms with van der Waals surface area (Å²) in [5.74, 6) is -0.765. The summed E-state index contributed by atoms with van der Waals surface area (Å²) in [6.07, 6.45) is 1.36. The number of rotatable bonds is 5. The summed E-state index contributed by atoms with van der Waals surface area (Å²) in [5, 5.41) is 6.25. The van der Waals surface area contributed by atoms with Crippen LogP contribution >= 0.6 is 11.6 Å². The van der Waals surface area contributed by atoms with Crippen molar-refractivity contribution in [2.75, 3.05) is 18.4 Å². The number of nitrogens with one attached hydrogen (secondary N) is 2. The van der Waals surface area contributed by atoms with E-state index < -0.39 is 0 Å². The zero-order chi connectivity index (χ0) is 22.6. The molecule has 0 spiro atoms. The van der Waals surface area contributed by atoms with E-state index in [1.54, 1.807) is 36.4 Å². The van der Waals surface area contributed by atoms with Gasteiger partial charge in [-0.1, -0.05) is 29.8 Å². The van der Waals surface area contributed by atoms with Gasteiger partial charge in [0, 0.05) is 28.6 Å². The zero-order valence-corrected chi connectivity index (χ0v) is 18.9. The second kappa shape index (κ2) is 9.79. The van der Waals surface area contributed by atoms with Crippen LogP contribution in [0.3, 0.4) is 0 Å². The Morgan fingerprint density at radius 1 is 1.13 bits per heavy atom. The van der Waals surface area contributed by atoms with E-state index in [-0.39, 0.29) is 29.1 Å². The Morgan fingerprint density at radius 2 is 1.81 bits per heavy atom. The molecule has 0 bridgehead atoms. The van der Waals surface area contributed by atoms with E-state index in [4.69, 9.17) is 11.6 Å². The van der Waals surface area contributed by atoms with Crippen molar-refractivity contribution in [3.63, 3.8) is 0 Å². The fourth-order valence-corrected chi connectivity index (χ4v) is 3.84. The summed E-state index contributed by atoms with van der Waals surface area (Å²) in [6.45, 7) is 7.63. The number of benzene rings is 2. The van der Waals surface area contributed by atoms with Crippen LogP contribution in [0.2, 0.25) is 5.02 Å². The molecular weight excluding hydrogens is 417 g/mol. The van der Waals surface area contributed by atoms with Crippen molar-refractivity contribution in [3.05, 3.63) is 64.4 Å². The minimum atomic E-state index is -0.370. The molecular formula is C24H29ClFN3O2. The molecule has 0 aromatic heterocycles. The zero-order valence-electron chi connectivity index (χ0n) is 18.2. The largest absolute Gasteiger partial charge is 0.347 e. The third kappa shape index (κ3) is 6.52. The van der Waals surface area contributed by atoms with E-state index in [9.17, 15) is 14.0 Å². The lowest BCUT2D eigenvalue weighted by molar-refractivity contribution is -0.121. The lowest BCUT2D eigenvalue weighted by Crippen LogP contribution is -2.41. The van der Waals surface area contributed by atoms with Gasteiger partial charge in [-0.15, -0.1) is 0 Å². The molecule has 0 atom stereocenters. The summed E-state index contributed by atoms with van der Waals surface area (Å²) in [5.41, 5.74) is 1.19. The molecule has 1 aliphatic rings. The van der Waals surface area contributed by atoms with Gasteiger partial charge in [0.15, 0.2) is 0 Å². The lowest BCUT2D eigenvalue weighted by Gasteiger charge is -2.31. The van der Waals surface area contributed by atoms with Crippen LogP contribution in [0.25, 0.3) is 0 Å². The Balaban J connectivity index is 1.58. The summed E-state index contributed by atoms with van der Waals surface area (Å²) >= 11 is 5.82. The minimum Gasteiger partial charge on any atom is -0.347 e. The maximum Gasteiger partial charge on any atom is 0.253 e. The molecule has 31 heavy (non-hydrogen) atoms. The Bertz CT molecular complexity index is 950. The SMILES string of the molecule is CC(C)(C)NC(=O)c1ccccc1NC(=O)C1CCN(Cc2ccc(Cl)cc2F)CC1.